The first kappa shape index (κ1) is 16.0. The fourth-order valence-corrected chi connectivity index (χ4v) is 3.14. The molecule has 0 aliphatic heterocycles. The van der Waals surface area contributed by atoms with E-state index in [-0.39, 0.29) is 11.4 Å². The average molecular weight is 349 g/mol. The Hall–Kier alpha value is -3.54. The number of hydrogen-bond acceptors (Lipinski definition) is 3. The van der Waals surface area contributed by atoms with Gasteiger partial charge in [-0.15, -0.1) is 0 Å². The van der Waals surface area contributed by atoms with Gasteiger partial charge in [0.25, 0.3) is 0 Å². The van der Waals surface area contributed by atoms with E-state index in [0.29, 0.717) is 11.4 Å². The number of aromatic carboxylic acids is 1. The van der Waals surface area contributed by atoms with E-state index in [1.165, 1.54) is 12.1 Å². The van der Waals surface area contributed by atoms with Gasteiger partial charge >= 0.3 is 5.97 Å². The highest BCUT2D eigenvalue weighted by atomic mass is 19.1. The van der Waals surface area contributed by atoms with Crippen molar-refractivity contribution in [3.63, 3.8) is 0 Å². The summed E-state index contributed by atoms with van der Waals surface area (Å²) in [7, 11) is 1.75. The summed E-state index contributed by atoms with van der Waals surface area (Å²) in [6.07, 6.45) is 0. The van der Waals surface area contributed by atoms with Gasteiger partial charge in [0.05, 0.1) is 16.8 Å². The van der Waals surface area contributed by atoms with Crippen molar-refractivity contribution in [1.82, 2.24) is 4.98 Å². The summed E-state index contributed by atoms with van der Waals surface area (Å²) < 4.78 is 13.9. The van der Waals surface area contributed by atoms with Gasteiger partial charge < -0.3 is 20.7 Å². The number of anilines is 3. The molecule has 0 amide bonds. The Labute approximate surface area is 148 Å². The second-order valence-electron chi connectivity index (χ2n) is 6.02. The lowest BCUT2D eigenvalue weighted by Gasteiger charge is -2.07. The number of rotatable bonds is 4. The van der Waals surface area contributed by atoms with Crippen molar-refractivity contribution < 1.29 is 14.3 Å². The van der Waals surface area contributed by atoms with E-state index in [2.05, 4.69) is 15.6 Å². The molecule has 5 nitrogen and oxygen atoms in total. The van der Waals surface area contributed by atoms with Gasteiger partial charge in [0.1, 0.15) is 5.82 Å². The molecule has 0 saturated carbocycles. The molecule has 0 atom stereocenters. The van der Waals surface area contributed by atoms with Gasteiger partial charge in [0.2, 0.25) is 0 Å². The number of halogens is 1. The monoisotopic (exact) mass is 349 g/mol. The standard InChI is InChI=1S/C20H16FN3O2/c1-22-18-9-12(21)8-16-15-10-14(5-6-17(15)24-19(16)18)23-13-4-2-3-11(7-13)20(25)26/h2-10,22-24H,1H3,(H,25,26). The van der Waals surface area contributed by atoms with E-state index < -0.39 is 5.97 Å². The summed E-state index contributed by atoms with van der Waals surface area (Å²) in [6.45, 7) is 0. The SMILES string of the molecule is CNc1cc(F)cc2c1[nH]c1ccc(Nc3cccc(C(=O)O)c3)cc12. The van der Waals surface area contributed by atoms with E-state index in [0.717, 1.165) is 27.5 Å². The van der Waals surface area contributed by atoms with Crippen LogP contribution in [-0.2, 0) is 0 Å². The second kappa shape index (κ2) is 6.07. The molecule has 1 heterocycles. The molecule has 0 radical (unpaired) electrons. The van der Waals surface area contributed by atoms with E-state index in [4.69, 9.17) is 5.11 Å². The average Bonchev–Trinajstić information content (AvgIpc) is 2.99. The number of nitrogens with one attached hydrogen (secondary N) is 3. The number of aromatic nitrogens is 1. The van der Waals surface area contributed by atoms with Crippen LogP contribution in [0.1, 0.15) is 10.4 Å². The molecular weight excluding hydrogens is 333 g/mol. The Morgan fingerprint density at radius 2 is 1.85 bits per heavy atom. The number of hydrogen-bond donors (Lipinski definition) is 4. The van der Waals surface area contributed by atoms with Crippen LogP contribution in [0, 0.1) is 5.82 Å². The maximum atomic E-state index is 13.9. The van der Waals surface area contributed by atoms with Crippen LogP contribution in [0.5, 0.6) is 0 Å². The first-order valence-electron chi connectivity index (χ1n) is 8.08. The number of fused-ring (bicyclic) bond motifs is 3. The van der Waals surface area contributed by atoms with Crippen molar-refractivity contribution in [3.8, 4) is 0 Å². The van der Waals surface area contributed by atoms with Crippen LogP contribution >= 0.6 is 0 Å². The smallest absolute Gasteiger partial charge is 0.335 e. The Morgan fingerprint density at radius 3 is 2.62 bits per heavy atom. The van der Waals surface area contributed by atoms with Crippen LogP contribution in [-0.4, -0.2) is 23.1 Å². The van der Waals surface area contributed by atoms with Gasteiger partial charge in [-0.2, -0.15) is 0 Å². The van der Waals surface area contributed by atoms with Crippen molar-refractivity contribution in [1.29, 1.82) is 0 Å². The van der Waals surface area contributed by atoms with Gasteiger partial charge in [-0.3, -0.25) is 0 Å². The molecule has 130 valence electrons. The van der Waals surface area contributed by atoms with Crippen LogP contribution in [0.15, 0.2) is 54.6 Å². The fourth-order valence-electron chi connectivity index (χ4n) is 3.14. The van der Waals surface area contributed by atoms with Crippen LogP contribution in [0.25, 0.3) is 21.8 Å². The third-order valence-corrected chi connectivity index (χ3v) is 4.34. The number of benzene rings is 3. The number of carboxylic acids is 1. The summed E-state index contributed by atoms with van der Waals surface area (Å²) in [4.78, 5) is 14.4. The van der Waals surface area contributed by atoms with Crippen molar-refractivity contribution in [2.24, 2.45) is 0 Å². The summed E-state index contributed by atoms with van der Waals surface area (Å²) in [6, 6.07) is 15.3. The quantitative estimate of drug-likeness (QED) is 0.421. The molecule has 4 rings (SSSR count). The molecule has 0 fully saturated rings. The van der Waals surface area contributed by atoms with Gasteiger partial charge in [-0.25, -0.2) is 9.18 Å². The van der Waals surface area contributed by atoms with E-state index in [1.54, 1.807) is 31.3 Å². The van der Waals surface area contributed by atoms with Crippen LogP contribution in [0.3, 0.4) is 0 Å². The Bertz CT molecular complexity index is 1150. The zero-order valence-corrected chi connectivity index (χ0v) is 13.9. The minimum absolute atomic E-state index is 0.212. The van der Waals surface area contributed by atoms with Gasteiger partial charge in [-0.1, -0.05) is 6.07 Å². The number of carboxylic acid groups (broad SMARTS) is 1. The van der Waals surface area contributed by atoms with Crippen LogP contribution < -0.4 is 10.6 Å². The highest BCUT2D eigenvalue weighted by Crippen LogP contribution is 2.33. The Balaban J connectivity index is 1.80. The molecule has 4 aromatic rings. The highest BCUT2D eigenvalue weighted by molar-refractivity contribution is 6.12. The van der Waals surface area contributed by atoms with Crippen molar-refractivity contribution in [2.45, 2.75) is 0 Å². The predicted molar refractivity (Wildman–Crippen MR) is 102 cm³/mol. The van der Waals surface area contributed by atoms with E-state index >= 15 is 0 Å². The molecule has 6 heteroatoms. The normalized spacial score (nSPS) is 11.0. The lowest BCUT2D eigenvalue weighted by molar-refractivity contribution is 0.0697. The summed E-state index contributed by atoms with van der Waals surface area (Å²) in [5, 5.41) is 17.0. The Kier molecular flexibility index (Phi) is 3.73. The Morgan fingerprint density at radius 1 is 1.04 bits per heavy atom. The molecule has 26 heavy (non-hydrogen) atoms. The zero-order chi connectivity index (χ0) is 18.3. The number of carbonyl (C=O) groups is 1. The molecule has 0 aliphatic carbocycles. The minimum Gasteiger partial charge on any atom is -0.478 e. The van der Waals surface area contributed by atoms with E-state index in [1.807, 2.05) is 18.2 Å². The molecule has 1 aromatic heterocycles. The maximum absolute atomic E-state index is 13.9. The first-order valence-corrected chi connectivity index (χ1v) is 8.08. The molecule has 0 saturated heterocycles. The summed E-state index contributed by atoms with van der Waals surface area (Å²) in [5.41, 5.74) is 4.10. The zero-order valence-electron chi connectivity index (χ0n) is 13.9. The van der Waals surface area contributed by atoms with Crippen LogP contribution in [0.2, 0.25) is 0 Å². The van der Waals surface area contributed by atoms with Gasteiger partial charge in [0.15, 0.2) is 0 Å². The highest BCUT2D eigenvalue weighted by Gasteiger charge is 2.11. The molecule has 0 aliphatic rings. The fraction of sp³-hybridized carbons (Fsp3) is 0.0500. The molecule has 0 unspecified atom stereocenters. The second-order valence-corrected chi connectivity index (χ2v) is 6.02. The van der Waals surface area contributed by atoms with Crippen molar-refractivity contribution in [3.05, 3.63) is 66.0 Å². The van der Waals surface area contributed by atoms with Crippen LogP contribution in [0.4, 0.5) is 21.5 Å². The largest absolute Gasteiger partial charge is 0.478 e. The minimum atomic E-state index is -0.976. The molecule has 0 spiro atoms. The first-order chi connectivity index (χ1) is 12.5. The lowest BCUT2D eigenvalue weighted by atomic mass is 10.1. The third-order valence-electron chi connectivity index (χ3n) is 4.34. The number of H-pyrrole nitrogens is 1. The molecule has 0 bridgehead atoms. The van der Waals surface area contributed by atoms with Crippen molar-refractivity contribution in [2.75, 3.05) is 17.7 Å². The topological polar surface area (TPSA) is 77.2 Å². The predicted octanol–water partition coefficient (Wildman–Crippen LogP) is 4.94. The lowest BCUT2D eigenvalue weighted by Crippen LogP contribution is -1.97. The van der Waals surface area contributed by atoms with E-state index in [9.17, 15) is 9.18 Å². The number of aromatic amines is 1. The van der Waals surface area contributed by atoms with Gasteiger partial charge in [-0.05, 0) is 48.5 Å². The third kappa shape index (κ3) is 2.71. The summed E-state index contributed by atoms with van der Waals surface area (Å²) >= 11 is 0. The molecule has 3 aromatic carbocycles. The summed E-state index contributed by atoms with van der Waals surface area (Å²) in [5.74, 6) is -1.29. The van der Waals surface area contributed by atoms with Crippen molar-refractivity contribution >= 4 is 44.8 Å². The molecule has 4 N–H and O–H groups in total. The maximum Gasteiger partial charge on any atom is 0.335 e. The van der Waals surface area contributed by atoms with Gasteiger partial charge in [0, 0.05) is 34.7 Å². The molecular formula is C20H16FN3O2.